The summed E-state index contributed by atoms with van der Waals surface area (Å²) in [5.41, 5.74) is 10.1. The van der Waals surface area contributed by atoms with Crippen molar-refractivity contribution >= 4 is 6.09 Å². The van der Waals surface area contributed by atoms with Crippen LogP contribution in [-0.4, -0.2) is 184 Å². The number of hydrogen-bond donors (Lipinski definition) is 2. The molecule has 0 saturated heterocycles. The molecular formula is C42H68N2O14. The molecule has 0 aromatic heterocycles. The first-order valence-corrected chi connectivity index (χ1v) is 20.5. The van der Waals surface area contributed by atoms with Gasteiger partial charge in [-0.3, -0.25) is 0 Å². The predicted octanol–water partition coefficient (Wildman–Crippen LogP) is 3.07. The molecule has 16 nitrogen and oxygen atoms in total. The van der Waals surface area contributed by atoms with Gasteiger partial charge in [0.1, 0.15) is 6.61 Å². The number of nitrogens with one attached hydrogen (secondary N) is 1. The molecule has 2 aromatic rings. The van der Waals surface area contributed by atoms with E-state index in [1.807, 2.05) is 24.3 Å². The first-order valence-electron chi connectivity index (χ1n) is 20.5. The average Bonchev–Trinajstić information content (AvgIpc) is 3.57. The van der Waals surface area contributed by atoms with E-state index in [1.165, 1.54) is 22.3 Å². The minimum atomic E-state index is -0.417. The van der Waals surface area contributed by atoms with E-state index in [0.717, 1.165) is 0 Å². The quantitative estimate of drug-likeness (QED) is 0.0936. The summed E-state index contributed by atoms with van der Waals surface area (Å²) in [6.45, 7) is 13.4. The summed E-state index contributed by atoms with van der Waals surface area (Å²) in [6.07, 6.45) is 0.266. The minimum Gasteiger partial charge on any atom is -0.449 e. The van der Waals surface area contributed by atoms with E-state index in [9.17, 15) is 4.79 Å². The largest absolute Gasteiger partial charge is 0.449 e. The van der Waals surface area contributed by atoms with E-state index in [0.29, 0.717) is 185 Å². The van der Waals surface area contributed by atoms with E-state index >= 15 is 0 Å². The van der Waals surface area contributed by atoms with Crippen LogP contribution in [0.25, 0.3) is 11.1 Å². The van der Waals surface area contributed by atoms with E-state index in [2.05, 4.69) is 29.6 Å². The number of nitrogens with two attached hydrogens (primary N) is 1. The third-order valence-electron chi connectivity index (χ3n) is 8.43. The van der Waals surface area contributed by atoms with Gasteiger partial charge in [-0.2, -0.15) is 0 Å². The summed E-state index contributed by atoms with van der Waals surface area (Å²) in [4.78, 5) is 12.3. The zero-order chi connectivity index (χ0) is 40.8. The lowest BCUT2D eigenvalue weighted by molar-refractivity contribution is -0.0283. The Bertz CT molecular complexity index is 1220. The van der Waals surface area contributed by atoms with Crippen molar-refractivity contribution in [2.24, 2.45) is 5.73 Å². The van der Waals surface area contributed by atoms with Crippen LogP contribution in [0.15, 0.2) is 48.5 Å². The maximum absolute atomic E-state index is 12.3. The summed E-state index contributed by atoms with van der Waals surface area (Å²) in [5, 5.41) is 2.81. The molecule has 0 atom stereocenters. The number of benzene rings is 2. The average molecular weight is 825 g/mol. The van der Waals surface area contributed by atoms with Gasteiger partial charge in [0, 0.05) is 25.6 Å². The molecule has 0 fully saturated rings. The Kier molecular flexibility index (Phi) is 30.8. The molecule has 1 aliphatic carbocycles. The molecule has 1 aliphatic rings. The first kappa shape index (κ1) is 49.6. The highest BCUT2D eigenvalue weighted by Crippen LogP contribution is 2.44. The minimum absolute atomic E-state index is 0.0476. The van der Waals surface area contributed by atoms with Crippen LogP contribution in [0.1, 0.15) is 23.5 Å². The number of rotatable bonds is 41. The van der Waals surface area contributed by atoms with E-state index in [4.69, 9.17) is 67.3 Å². The summed E-state index contributed by atoms with van der Waals surface area (Å²) < 4.78 is 71.2. The van der Waals surface area contributed by atoms with Crippen molar-refractivity contribution in [3.8, 4) is 11.1 Å². The van der Waals surface area contributed by atoms with Crippen LogP contribution in [0.5, 0.6) is 0 Å². The number of carbonyl (C=O) groups excluding carboxylic acids is 1. The Morgan fingerprint density at radius 3 is 1.05 bits per heavy atom. The molecule has 0 unspecified atom stereocenters. The summed E-state index contributed by atoms with van der Waals surface area (Å²) in [7, 11) is 0. The van der Waals surface area contributed by atoms with E-state index in [-0.39, 0.29) is 5.92 Å². The van der Waals surface area contributed by atoms with Crippen LogP contribution in [0, 0.1) is 0 Å². The van der Waals surface area contributed by atoms with Crippen molar-refractivity contribution < 1.29 is 66.4 Å². The summed E-state index contributed by atoms with van der Waals surface area (Å²) >= 11 is 0. The molecule has 330 valence electrons. The third kappa shape index (κ3) is 24.3. The molecule has 0 heterocycles. The van der Waals surface area contributed by atoms with Crippen LogP contribution in [0.4, 0.5) is 4.79 Å². The second kappa shape index (κ2) is 36.1. The number of fused-ring (bicyclic) bond motifs is 3. The molecule has 0 spiro atoms. The molecule has 16 heteroatoms. The zero-order valence-electron chi connectivity index (χ0n) is 34.3. The maximum Gasteiger partial charge on any atom is 0.407 e. The fourth-order valence-electron chi connectivity index (χ4n) is 5.62. The van der Waals surface area contributed by atoms with Crippen molar-refractivity contribution in [3.05, 3.63) is 59.7 Å². The molecular weight excluding hydrogens is 756 g/mol. The van der Waals surface area contributed by atoms with Crippen molar-refractivity contribution in [1.82, 2.24) is 5.32 Å². The SMILES string of the molecule is NCCOCCOCCOCCOCCOCCOCCOCCOCCOCCOCCOCCOCCCNC(=O)OCC1c2ccccc2-c2ccccc21. The molecule has 0 saturated carbocycles. The zero-order valence-corrected chi connectivity index (χ0v) is 34.3. The van der Waals surface area contributed by atoms with E-state index < -0.39 is 6.09 Å². The Morgan fingerprint density at radius 1 is 0.431 bits per heavy atom. The standard InChI is InChI=1S/C42H68N2O14/c43-10-13-47-15-17-49-19-21-51-23-25-53-27-29-55-31-33-57-35-34-56-32-30-54-28-26-52-24-22-50-20-18-48-16-14-46-12-5-11-44-42(45)58-36-41-39-8-3-1-6-37(39)38-7-2-4-9-40(38)41/h1-4,6-9,41H,5,10-36,43H2,(H,44,45). The van der Waals surface area contributed by atoms with Gasteiger partial charge in [0.05, 0.1) is 152 Å². The van der Waals surface area contributed by atoms with Crippen molar-refractivity contribution in [3.63, 3.8) is 0 Å². The number of ether oxygens (including phenoxy) is 13. The van der Waals surface area contributed by atoms with Gasteiger partial charge in [0.2, 0.25) is 0 Å². The van der Waals surface area contributed by atoms with Crippen molar-refractivity contribution in [2.75, 3.05) is 178 Å². The fourth-order valence-corrected chi connectivity index (χ4v) is 5.62. The van der Waals surface area contributed by atoms with Gasteiger partial charge < -0.3 is 72.6 Å². The van der Waals surface area contributed by atoms with Gasteiger partial charge in [0.15, 0.2) is 0 Å². The van der Waals surface area contributed by atoms with Gasteiger partial charge in [-0.1, -0.05) is 48.5 Å². The normalized spacial score (nSPS) is 12.2. The Morgan fingerprint density at radius 2 is 0.724 bits per heavy atom. The Balaban J connectivity index is 0.927. The number of alkyl carbamates (subject to hydrolysis) is 1. The Hall–Kier alpha value is -2.81. The van der Waals surface area contributed by atoms with Crippen LogP contribution < -0.4 is 11.1 Å². The number of hydrogen-bond acceptors (Lipinski definition) is 15. The van der Waals surface area contributed by atoms with Crippen LogP contribution >= 0.6 is 0 Å². The number of amides is 1. The van der Waals surface area contributed by atoms with Crippen molar-refractivity contribution in [1.29, 1.82) is 0 Å². The van der Waals surface area contributed by atoms with Crippen molar-refractivity contribution in [2.45, 2.75) is 12.3 Å². The lowest BCUT2D eigenvalue weighted by Gasteiger charge is -2.14. The highest BCUT2D eigenvalue weighted by atomic mass is 16.6. The molecule has 58 heavy (non-hydrogen) atoms. The fraction of sp³-hybridized carbons (Fsp3) is 0.690. The molecule has 1 amide bonds. The monoisotopic (exact) mass is 824 g/mol. The topological polar surface area (TPSA) is 175 Å². The van der Waals surface area contributed by atoms with Crippen LogP contribution in [-0.2, 0) is 61.6 Å². The van der Waals surface area contributed by atoms with Crippen LogP contribution in [0.2, 0.25) is 0 Å². The summed E-state index contributed by atoms with van der Waals surface area (Å²) in [6, 6.07) is 16.6. The molecule has 2 aromatic carbocycles. The second-order valence-electron chi connectivity index (χ2n) is 12.7. The number of carbonyl (C=O) groups is 1. The molecule has 3 N–H and O–H groups in total. The molecule has 0 radical (unpaired) electrons. The van der Waals surface area contributed by atoms with Gasteiger partial charge in [-0.25, -0.2) is 4.79 Å². The second-order valence-corrected chi connectivity index (χ2v) is 12.7. The van der Waals surface area contributed by atoms with Gasteiger partial charge in [-0.05, 0) is 28.7 Å². The maximum atomic E-state index is 12.3. The smallest absolute Gasteiger partial charge is 0.407 e. The van der Waals surface area contributed by atoms with Gasteiger partial charge in [0.25, 0.3) is 0 Å². The highest BCUT2D eigenvalue weighted by Gasteiger charge is 2.28. The van der Waals surface area contributed by atoms with E-state index in [1.54, 1.807) is 0 Å². The highest BCUT2D eigenvalue weighted by molar-refractivity contribution is 5.79. The lowest BCUT2D eigenvalue weighted by Crippen LogP contribution is -2.27. The predicted molar refractivity (Wildman–Crippen MR) is 217 cm³/mol. The molecule has 0 aliphatic heterocycles. The van der Waals surface area contributed by atoms with Gasteiger partial charge >= 0.3 is 6.09 Å². The third-order valence-corrected chi connectivity index (χ3v) is 8.43. The lowest BCUT2D eigenvalue weighted by atomic mass is 9.98. The van der Waals surface area contributed by atoms with Crippen LogP contribution in [0.3, 0.4) is 0 Å². The Labute approximate surface area is 344 Å². The van der Waals surface area contributed by atoms with Gasteiger partial charge in [-0.15, -0.1) is 0 Å². The molecule has 3 rings (SSSR count). The first-order chi connectivity index (χ1) is 28.8. The summed E-state index contributed by atoms with van der Waals surface area (Å²) in [5.74, 6) is 0.0476. The molecule has 0 bridgehead atoms.